The van der Waals surface area contributed by atoms with Crippen molar-refractivity contribution in [1.29, 1.82) is 0 Å². The molecule has 0 spiro atoms. The highest BCUT2D eigenvalue weighted by Crippen LogP contribution is 2.20. The van der Waals surface area contributed by atoms with Gasteiger partial charge in [-0.25, -0.2) is 4.98 Å². The SMILES string of the molecule is CCCCCNC(=O)C1CCN(C(=O)c2csc(CCN)n2)CC1.Cl. The average Bonchev–Trinajstić information content (AvgIpc) is 3.07. The van der Waals surface area contributed by atoms with Gasteiger partial charge in [-0.05, 0) is 25.8 Å². The van der Waals surface area contributed by atoms with Gasteiger partial charge in [-0.15, -0.1) is 23.7 Å². The van der Waals surface area contributed by atoms with Crippen LogP contribution in [0, 0.1) is 5.92 Å². The number of aromatic nitrogens is 1. The summed E-state index contributed by atoms with van der Waals surface area (Å²) in [7, 11) is 0. The number of rotatable bonds is 8. The Labute approximate surface area is 160 Å². The lowest BCUT2D eigenvalue weighted by Crippen LogP contribution is -2.43. The maximum Gasteiger partial charge on any atom is 0.273 e. The number of likely N-dealkylation sites (tertiary alicyclic amines) is 1. The van der Waals surface area contributed by atoms with E-state index in [2.05, 4.69) is 17.2 Å². The van der Waals surface area contributed by atoms with E-state index < -0.39 is 0 Å². The molecule has 0 atom stereocenters. The predicted octanol–water partition coefficient (Wildman–Crippen LogP) is 2.22. The van der Waals surface area contributed by atoms with Gasteiger partial charge in [-0.1, -0.05) is 19.8 Å². The molecule has 2 amide bonds. The highest BCUT2D eigenvalue weighted by atomic mass is 35.5. The van der Waals surface area contributed by atoms with Gasteiger partial charge in [0.15, 0.2) is 0 Å². The van der Waals surface area contributed by atoms with Crippen molar-refractivity contribution in [2.24, 2.45) is 11.7 Å². The van der Waals surface area contributed by atoms with Gasteiger partial charge in [0.1, 0.15) is 5.69 Å². The molecule has 0 aliphatic carbocycles. The third-order valence-corrected chi connectivity index (χ3v) is 5.27. The highest BCUT2D eigenvalue weighted by Gasteiger charge is 2.28. The Hall–Kier alpha value is -1.18. The summed E-state index contributed by atoms with van der Waals surface area (Å²) in [6.45, 7) is 4.69. The van der Waals surface area contributed by atoms with Gasteiger partial charge in [-0.3, -0.25) is 9.59 Å². The van der Waals surface area contributed by atoms with E-state index in [0.29, 0.717) is 31.7 Å². The number of halogens is 1. The predicted molar refractivity (Wildman–Crippen MR) is 103 cm³/mol. The fourth-order valence-electron chi connectivity index (χ4n) is 2.89. The summed E-state index contributed by atoms with van der Waals surface area (Å²) in [5.74, 6) is 0.132. The number of unbranched alkanes of at least 4 members (excludes halogenated alkanes) is 2. The van der Waals surface area contributed by atoms with Crippen molar-refractivity contribution in [3.05, 3.63) is 16.1 Å². The molecular weight excluding hydrogens is 360 g/mol. The van der Waals surface area contributed by atoms with Crippen molar-refractivity contribution in [3.8, 4) is 0 Å². The number of piperidine rings is 1. The molecule has 1 aliphatic heterocycles. The molecule has 142 valence electrons. The van der Waals surface area contributed by atoms with Crippen LogP contribution in [0.4, 0.5) is 0 Å². The Balaban J connectivity index is 0.00000312. The minimum absolute atomic E-state index is 0. The lowest BCUT2D eigenvalue weighted by Gasteiger charge is -2.30. The first-order valence-corrected chi connectivity index (χ1v) is 9.75. The molecule has 2 rings (SSSR count). The highest BCUT2D eigenvalue weighted by molar-refractivity contribution is 7.09. The number of nitrogens with zero attached hydrogens (tertiary/aromatic N) is 2. The summed E-state index contributed by atoms with van der Waals surface area (Å²) in [4.78, 5) is 30.8. The maximum atomic E-state index is 12.5. The molecule has 6 nitrogen and oxygen atoms in total. The zero-order chi connectivity index (χ0) is 17.4. The van der Waals surface area contributed by atoms with E-state index in [1.165, 1.54) is 11.3 Å². The summed E-state index contributed by atoms with van der Waals surface area (Å²) < 4.78 is 0. The minimum Gasteiger partial charge on any atom is -0.356 e. The van der Waals surface area contributed by atoms with Gasteiger partial charge < -0.3 is 16.0 Å². The topological polar surface area (TPSA) is 88.3 Å². The van der Waals surface area contributed by atoms with E-state index in [1.54, 1.807) is 5.38 Å². The number of nitrogens with one attached hydrogen (secondary N) is 1. The van der Waals surface area contributed by atoms with Gasteiger partial charge in [0.25, 0.3) is 5.91 Å². The van der Waals surface area contributed by atoms with Crippen molar-refractivity contribution >= 4 is 35.6 Å². The van der Waals surface area contributed by atoms with E-state index in [-0.39, 0.29) is 30.1 Å². The van der Waals surface area contributed by atoms with Gasteiger partial charge >= 0.3 is 0 Å². The summed E-state index contributed by atoms with van der Waals surface area (Å²) in [5.41, 5.74) is 6.02. The van der Waals surface area contributed by atoms with Gasteiger partial charge in [0, 0.05) is 37.4 Å². The van der Waals surface area contributed by atoms with Crippen LogP contribution in [0.15, 0.2) is 5.38 Å². The molecule has 0 saturated carbocycles. The molecule has 0 bridgehead atoms. The zero-order valence-corrected chi connectivity index (χ0v) is 16.5. The zero-order valence-electron chi connectivity index (χ0n) is 14.8. The normalized spacial score (nSPS) is 14.9. The molecule has 1 aliphatic rings. The van der Waals surface area contributed by atoms with E-state index in [0.717, 1.165) is 43.7 Å². The second kappa shape index (κ2) is 11.4. The summed E-state index contributed by atoms with van der Waals surface area (Å²) in [6.07, 6.45) is 5.50. The fourth-order valence-corrected chi connectivity index (χ4v) is 3.67. The summed E-state index contributed by atoms with van der Waals surface area (Å²) >= 11 is 1.48. The monoisotopic (exact) mass is 388 g/mol. The van der Waals surface area contributed by atoms with E-state index in [4.69, 9.17) is 5.73 Å². The number of hydrogen-bond donors (Lipinski definition) is 2. The molecule has 0 radical (unpaired) electrons. The molecule has 1 aromatic rings. The van der Waals surface area contributed by atoms with Crippen LogP contribution in [-0.2, 0) is 11.2 Å². The molecule has 1 saturated heterocycles. The number of hydrogen-bond acceptors (Lipinski definition) is 5. The second-order valence-corrected chi connectivity index (χ2v) is 7.17. The third-order valence-electron chi connectivity index (χ3n) is 4.36. The van der Waals surface area contributed by atoms with Crippen LogP contribution in [0.2, 0.25) is 0 Å². The minimum atomic E-state index is -0.0312. The van der Waals surface area contributed by atoms with E-state index in [1.807, 2.05) is 4.90 Å². The standard InChI is InChI=1S/C17H28N4O2S.ClH/c1-2-3-4-9-19-16(22)13-6-10-21(11-7-13)17(23)14-12-24-15(20-14)5-8-18;/h12-13H,2-11,18H2,1H3,(H,19,22);1H. The van der Waals surface area contributed by atoms with Gasteiger partial charge in [0.05, 0.1) is 5.01 Å². The largest absolute Gasteiger partial charge is 0.356 e. The van der Waals surface area contributed by atoms with Crippen LogP contribution in [0.25, 0.3) is 0 Å². The van der Waals surface area contributed by atoms with Gasteiger partial charge in [-0.2, -0.15) is 0 Å². The van der Waals surface area contributed by atoms with Crippen LogP contribution in [-0.4, -0.2) is 47.9 Å². The van der Waals surface area contributed by atoms with Crippen molar-refractivity contribution in [1.82, 2.24) is 15.2 Å². The van der Waals surface area contributed by atoms with Crippen molar-refractivity contribution in [3.63, 3.8) is 0 Å². The Morgan fingerprint density at radius 3 is 2.72 bits per heavy atom. The lowest BCUT2D eigenvalue weighted by atomic mass is 9.95. The summed E-state index contributed by atoms with van der Waals surface area (Å²) in [6, 6.07) is 0. The van der Waals surface area contributed by atoms with Crippen LogP contribution >= 0.6 is 23.7 Å². The Morgan fingerprint density at radius 2 is 2.08 bits per heavy atom. The molecule has 1 aromatic heterocycles. The smallest absolute Gasteiger partial charge is 0.273 e. The van der Waals surface area contributed by atoms with Crippen molar-refractivity contribution < 1.29 is 9.59 Å². The van der Waals surface area contributed by atoms with Crippen LogP contribution in [0.5, 0.6) is 0 Å². The van der Waals surface area contributed by atoms with Crippen LogP contribution < -0.4 is 11.1 Å². The first-order valence-electron chi connectivity index (χ1n) is 8.87. The average molecular weight is 389 g/mol. The lowest BCUT2D eigenvalue weighted by molar-refractivity contribution is -0.126. The van der Waals surface area contributed by atoms with Crippen LogP contribution in [0.3, 0.4) is 0 Å². The first kappa shape index (κ1) is 21.9. The first-order chi connectivity index (χ1) is 11.7. The fraction of sp³-hybridized carbons (Fsp3) is 0.706. The molecular formula is C17H29ClN4O2S. The number of thiazole rings is 1. The maximum absolute atomic E-state index is 12.5. The molecule has 25 heavy (non-hydrogen) atoms. The molecule has 0 aromatic carbocycles. The van der Waals surface area contributed by atoms with Crippen molar-refractivity contribution in [2.75, 3.05) is 26.2 Å². The molecule has 1 fully saturated rings. The Kier molecular flexibility index (Phi) is 10.0. The quantitative estimate of drug-likeness (QED) is 0.668. The Morgan fingerprint density at radius 1 is 1.36 bits per heavy atom. The number of carbonyl (C=O) groups excluding carboxylic acids is 2. The summed E-state index contributed by atoms with van der Waals surface area (Å²) in [5, 5.41) is 5.73. The molecule has 8 heteroatoms. The second-order valence-electron chi connectivity index (χ2n) is 6.23. The number of nitrogens with two attached hydrogens (primary N) is 1. The molecule has 3 N–H and O–H groups in total. The number of carbonyl (C=O) groups is 2. The van der Waals surface area contributed by atoms with Crippen LogP contribution in [0.1, 0.15) is 54.5 Å². The molecule has 2 heterocycles. The van der Waals surface area contributed by atoms with Gasteiger partial charge in [0.2, 0.25) is 5.91 Å². The van der Waals surface area contributed by atoms with Crippen molar-refractivity contribution in [2.45, 2.75) is 45.4 Å². The Bertz CT molecular complexity index is 545. The van der Waals surface area contributed by atoms with E-state index >= 15 is 0 Å². The van der Waals surface area contributed by atoms with E-state index in [9.17, 15) is 9.59 Å². The molecule has 0 unspecified atom stereocenters. The number of amides is 2. The third kappa shape index (κ3) is 6.56.